The summed E-state index contributed by atoms with van der Waals surface area (Å²) in [4.78, 5) is 13.7. The van der Waals surface area contributed by atoms with E-state index in [-0.39, 0.29) is 22.1 Å². The molecule has 1 aliphatic rings. The van der Waals surface area contributed by atoms with Gasteiger partial charge in [0.25, 0.3) is 0 Å². The predicted octanol–water partition coefficient (Wildman–Crippen LogP) is 3.78. The Balaban J connectivity index is 1.96. The van der Waals surface area contributed by atoms with E-state index >= 15 is 0 Å². The van der Waals surface area contributed by atoms with Crippen molar-refractivity contribution in [1.82, 2.24) is 9.62 Å². The number of likely N-dealkylation sites (tertiary alicyclic amines) is 1. The summed E-state index contributed by atoms with van der Waals surface area (Å²) in [5, 5.41) is 0.160. The molecule has 0 atom stereocenters. The Morgan fingerprint density at radius 2 is 1.92 bits per heavy atom. The maximum absolute atomic E-state index is 12.5. The zero-order valence-electron chi connectivity index (χ0n) is 14.4. The second-order valence-electron chi connectivity index (χ2n) is 6.94. The van der Waals surface area contributed by atoms with Crippen molar-refractivity contribution in [2.75, 3.05) is 13.1 Å². The highest BCUT2D eigenvalue weighted by atomic mass is 79.9. The molecule has 1 aromatic rings. The molecule has 0 aliphatic carbocycles. The molecule has 0 radical (unpaired) electrons. The highest BCUT2D eigenvalue weighted by Gasteiger charge is 2.29. The third kappa shape index (κ3) is 5.84. The monoisotopic (exact) mass is 452 g/mol. The van der Waals surface area contributed by atoms with E-state index in [0.717, 1.165) is 0 Å². The van der Waals surface area contributed by atoms with E-state index in [0.29, 0.717) is 30.4 Å². The van der Waals surface area contributed by atoms with E-state index in [9.17, 15) is 13.2 Å². The first kappa shape index (κ1) is 20.5. The smallest absolute Gasteiger partial charge is 0.410 e. The van der Waals surface area contributed by atoms with E-state index in [1.54, 1.807) is 17.0 Å². The Morgan fingerprint density at radius 3 is 2.44 bits per heavy atom. The van der Waals surface area contributed by atoms with Crippen LogP contribution in [0.15, 0.2) is 27.6 Å². The fourth-order valence-electron chi connectivity index (χ4n) is 2.48. The molecule has 1 fully saturated rings. The summed E-state index contributed by atoms with van der Waals surface area (Å²) in [5.74, 6) is 0. The molecule has 0 unspecified atom stereocenters. The molecule has 1 aliphatic heterocycles. The molecule has 9 heteroatoms. The molecule has 0 aromatic heterocycles. The van der Waals surface area contributed by atoms with Crippen molar-refractivity contribution < 1.29 is 17.9 Å². The van der Waals surface area contributed by atoms with Crippen LogP contribution in [0.25, 0.3) is 0 Å². The lowest BCUT2D eigenvalue weighted by molar-refractivity contribution is 0.0204. The summed E-state index contributed by atoms with van der Waals surface area (Å²) in [6.45, 7) is 6.32. The SMILES string of the molecule is CC(C)(C)OC(=O)N1CCC(NS(=O)(=O)c2ccc(Br)cc2Cl)CC1. The molecule has 1 saturated heterocycles. The summed E-state index contributed by atoms with van der Waals surface area (Å²) in [5.41, 5.74) is -0.548. The standard InChI is InChI=1S/C16H22BrClN2O4S/c1-16(2,3)24-15(21)20-8-6-12(7-9-20)19-25(22,23)14-5-4-11(17)10-13(14)18/h4-5,10,12,19H,6-9H2,1-3H3. The van der Waals surface area contributed by atoms with Crippen LogP contribution in [0.2, 0.25) is 5.02 Å². The molecule has 2 rings (SSSR count). The lowest BCUT2D eigenvalue weighted by Gasteiger charge is -2.33. The van der Waals surface area contributed by atoms with Crippen molar-refractivity contribution in [2.45, 2.75) is 50.2 Å². The lowest BCUT2D eigenvalue weighted by Crippen LogP contribution is -2.47. The van der Waals surface area contributed by atoms with Gasteiger partial charge in [0.2, 0.25) is 10.0 Å². The van der Waals surface area contributed by atoms with Crippen molar-refractivity contribution in [1.29, 1.82) is 0 Å². The van der Waals surface area contributed by atoms with Gasteiger partial charge in [0.05, 0.1) is 5.02 Å². The number of piperidine rings is 1. The zero-order chi connectivity index (χ0) is 18.8. The molecule has 1 amide bonds. The van der Waals surface area contributed by atoms with Crippen molar-refractivity contribution in [3.05, 3.63) is 27.7 Å². The third-order valence-electron chi connectivity index (χ3n) is 3.65. The van der Waals surface area contributed by atoms with Gasteiger partial charge in [0.1, 0.15) is 10.5 Å². The van der Waals surface area contributed by atoms with Crippen molar-refractivity contribution in [2.24, 2.45) is 0 Å². The second-order valence-corrected chi connectivity index (χ2v) is 9.94. The topological polar surface area (TPSA) is 75.7 Å². The number of rotatable bonds is 3. The Labute approximate surface area is 162 Å². The van der Waals surface area contributed by atoms with Crippen LogP contribution < -0.4 is 4.72 Å². The highest BCUT2D eigenvalue weighted by Crippen LogP contribution is 2.26. The average Bonchev–Trinajstić information content (AvgIpc) is 2.45. The van der Waals surface area contributed by atoms with Gasteiger partial charge in [0.15, 0.2) is 0 Å². The van der Waals surface area contributed by atoms with Crippen LogP contribution in [0.3, 0.4) is 0 Å². The molecule has 1 heterocycles. The molecule has 6 nitrogen and oxygen atoms in total. The van der Waals surface area contributed by atoms with Gasteiger partial charge in [-0.05, 0) is 51.8 Å². The maximum atomic E-state index is 12.5. The van der Waals surface area contributed by atoms with Gasteiger partial charge >= 0.3 is 6.09 Å². The number of amides is 1. The number of hydrogen-bond donors (Lipinski definition) is 1. The first-order valence-electron chi connectivity index (χ1n) is 7.93. The Bertz CT molecular complexity index is 741. The molecule has 1 aromatic carbocycles. The molecule has 0 saturated carbocycles. The number of carbonyl (C=O) groups is 1. The molecule has 140 valence electrons. The first-order valence-corrected chi connectivity index (χ1v) is 10.6. The fraction of sp³-hybridized carbons (Fsp3) is 0.562. The third-order valence-corrected chi connectivity index (χ3v) is 6.15. The van der Waals surface area contributed by atoms with Gasteiger partial charge in [-0.1, -0.05) is 27.5 Å². The summed E-state index contributed by atoms with van der Waals surface area (Å²) in [6, 6.07) is 4.39. The van der Waals surface area contributed by atoms with Crippen molar-refractivity contribution >= 4 is 43.6 Å². The van der Waals surface area contributed by atoms with Crippen molar-refractivity contribution in [3.8, 4) is 0 Å². The number of hydrogen-bond acceptors (Lipinski definition) is 4. The Morgan fingerprint density at radius 1 is 1.32 bits per heavy atom. The number of nitrogens with zero attached hydrogens (tertiary/aromatic N) is 1. The number of carbonyl (C=O) groups excluding carboxylic acids is 1. The van der Waals surface area contributed by atoms with E-state index in [2.05, 4.69) is 20.7 Å². The number of ether oxygens (including phenoxy) is 1. The van der Waals surface area contributed by atoms with Crippen LogP contribution in [0, 0.1) is 0 Å². The fourth-order valence-corrected chi connectivity index (χ4v) is 4.82. The molecule has 25 heavy (non-hydrogen) atoms. The molecular formula is C16H22BrClN2O4S. The van der Waals surface area contributed by atoms with Crippen LogP contribution in [0.4, 0.5) is 4.79 Å². The lowest BCUT2D eigenvalue weighted by atomic mass is 10.1. The number of sulfonamides is 1. The van der Waals surface area contributed by atoms with Gasteiger partial charge in [-0.25, -0.2) is 17.9 Å². The molecular weight excluding hydrogens is 432 g/mol. The zero-order valence-corrected chi connectivity index (χ0v) is 17.5. The summed E-state index contributed by atoms with van der Waals surface area (Å²) in [7, 11) is -3.71. The number of halogens is 2. The van der Waals surface area contributed by atoms with Crippen LogP contribution >= 0.6 is 27.5 Å². The average molecular weight is 454 g/mol. The minimum Gasteiger partial charge on any atom is -0.444 e. The van der Waals surface area contributed by atoms with E-state index in [1.165, 1.54) is 6.07 Å². The predicted molar refractivity (Wildman–Crippen MR) is 100 cm³/mol. The normalized spacial score (nSPS) is 16.8. The van der Waals surface area contributed by atoms with Gasteiger partial charge < -0.3 is 9.64 Å². The largest absolute Gasteiger partial charge is 0.444 e. The highest BCUT2D eigenvalue weighted by molar-refractivity contribution is 9.10. The summed E-state index contributed by atoms with van der Waals surface area (Å²) in [6.07, 6.45) is 0.670. The summed E-state index contributed by atoms with van der Waals surface area (Å²) >= 11 is 9.29. The second kappa shape index (κ2) is 7.82. The van der Waals surface area contributed by atoms with Crippen molar-refractivity contribution in [3.63, 3.8) is 0 Å². The Hall–Kier alpha value is -0.830. The quantitative estimate of drug-likeness (QED) is 0.755. The van der Waals surface area contributed by atoms with Gasteiger partial charge in [-0.3, -0.25) is 0 Å². The summed E-state index contributed by atoms with van der Waals surface area (Å²) < 4.78 is 33.8. The maximum Gasteiger partial charge on any atom is 0.410 e. The first-order chi connectivity index (χ1) is 11.5. The molecule has 0 bridgehead atoms. The number of benzene rings is 1. The van der Waals surface area contributed by atoms with Crippen LogP contribution in [-0.4, -0.2) is 44.1 Å². The minimum atomic E-state index is -3.71. The van der Waals surface area contributed by atoms with Gasteiger partial charge in [-0.15, -0.1) is 0 Å². The van der Waals surface area contributed by atoms with E-state index < -0.39 is 15.6 Å². The van der Waals surface area contributed by atoms with Crippen LogP contribution in [0.5, 0.6) is 0 Å². The minimum absolute atomic E-state index is 0.0481. The van der Waals surface area contributed by atoms with Crippen LogP contribution in [-0.2, 0) is 14.8 Å². The van der Waals surface area contributed by atoms with E-state index in [4.69, 9.17) is 16.3 Å². The number of nitrogens with one attached hydrogen (secondary N) is 1. The molecule has 1 N–H and O–H groups in total. The van der Waals surface area contributed by atoms with Gasteiger partial charge in [-0.2, -0.15) is 0 Å². The van der Waals surface area contributed by atoms with Crippen LogP contribution in [0.1, 0.15) is 33.6 Å². The molecule has 0 spiro atoms. The van der Waals surface area contributed by atoms with Gasteiger partial charge in [0, 0.05) is 23.6 Å². The Kier molecular flexibility index (Phi) is 6.40. The van der Waals surface area contributed by atoms with E-state index in [1.807, 2.05) is 20.8 Å².